The molecule has 1 saturated carbocycles. The molecule has 0 unspecified atom stereocenters. The van der Waals surface area contributed by atoms with Gasteiger partial charge < -0.3 is 0 Å². The predicted octanol–water partition coefficient (Wildman–Crippen LogP) is 2.34. The van der Waals surface area contributed by atoms with E-state index in [-0.39, 0.29) is 4.90 Å². The average Bonchev–Trinajstić information content (AvgIpc) is 3.18. The van der Waals surface area contributed by atoms with Crippen LogP contribution in [0.25, 0.3) is 0 Å². The van der Waals surface area contributed by atoms with Crippen molar-refractivity contribution in [2.24, 2.45) is 5.92 Å². The molecule has 1 aliphatic carbocycles. The minimum Gasteiger partial charge on any atom is -0.211 e. The number of rotatable bonds is 6. The van der Waals surface area contributed by atoms with Gasteiger partial charge in [-0.15, -0.1) is 0 Å². The van der Waals surface area contributed by atoms with Crippen LogP contribution in [0.5, 0.6) is 0 Å². The van der Waals surface area contributed by atoms with Crippen LogP contribution in [0.4, 0.5) is 0 Å². The second kappa shape index (κ2) is 5.72. The van der Waals surface area contributed by atoms with Crippen LogP contribution in [0.2, 0.25) is 0 Å². The summed E-state index contributed by atoms with van der Waals surface area (Å²) in [7, 11) is -3.44. The SMILES string of the molecule is Cc1cc(S(=O)(=O)NCCCC2CC2)ccc1C#N. The van der Waals surface area contributed by atoms with Crippen LogP contribution in [0.15, 0.2) is 23.1 Å². The molecule has 0 aromatic heterocycles. The summed E-state index contributed by atoms with van der Waals surface area (Å²) in [6, 6.07) is 6.60. The summed E-state index contributed by atoms with van der Waals surface area (Å²) < 4.78 is 26.7. The Labute approximate surface area is 114 Å². The van der Waals surface area contributed by atoms with Crippen molar-refractivity contribution in [3.05, 3.63) is 29.3 Å². The van der Waals surface area contributed by atoms with Crippen molar-refractivity contribution < 1.29 is 8.42 Å². The fraction of sp³-hybridized carbons (Fsp3) is 0.500. The van der Waals surface area contributed by atoms with Crippen molar-refractivity contribution in [2.75, 3.05) is 6.54 Å². The Bertz CT molecular complexity index is 598. The molecule has 102 valence electrons. The van der Waals surface area contributed by atoms with Crippen molar-refractivity contribution in [1.29, 1.82) is 5.26 Å². The lowest BCUT2D eigenvalue weighted by molar-refractivity contribution is 0.572. The lowest BCUT2D eigenvalue weighted by Crippen LogP contribution is -2.25. The van der Waals surface area contributed by atoms with Gasteiger partial charge in [0, 0.05) is 6.54 Å². The summed E-state index contributed by atoms with van der Waals surface area (Å²) in [4.78, 5) is 0.232. The summed E-state index contributed by atoms with van der Waals surface area (Å²) >= 11 is 0. The molecule has 4 nitrogen and oxygen atoms in total. The Morgan fingerprint density at radius 3 is 2.74 bits per heavy atom. The first-order chi connectivity index (χ1) is 9.03. The normalized spacial score (nSPS) is 15.2. The lowest BCUT2D eigenvalue weighted by atomic mass is 10.1. The summed E-state index contributed by atoms with van der Waals surface area (Å²) in [5, 5.41) is 8.83. The third-order valence-electron chi connectivity index (χ3n) is 3.41. The number of nitrogens with zero attached hydrogens (tertiary/aromatic N) is 1. The largest absolute Gasteiger partial charge is 0.240 e. The topological polar surface area (TPSA) is 70.0 Å². The quantitative estimate of drug-likeness (QED) is 0.812. The minimum atomic E-state index is -3.44. The van der Waals surface area contributed by atoms with Gasteiger partial charge in [0.2, 0.25) is 10.0 Å². The molecule has 0 bridgehead atoms. The van der Waals surface area contributed by atoms with Gasteiger partial charge in [0.15, 0.2) is 0 Å². The maximum atomic E-state index is 12.1. The fourth-order valence-electron chi connectivity index (χ4n) is 2.02. The fourth-order valence-corrected chi connectivity index (χ4v) is 3.17. The van der Waals surface area contributed by atoms with Gasteiger partial charge in [0.05, 0.1) is 16.5 Å². The molecule has 19 heavy (non-hydrogen) atoms. The van der Waals surface area contributed by atoms with E-state index in [1.807, 2.05) is 6.07 Å². The molecule has 1 fully saturated rings. The molecule has 1 aliphatic rings. The smallest absolute Gasteiger partial charge is 0.211 e. The van der Waals surface area contributed by atoms with Crippen molar-refractivity contribution in [1.82, 2.24) is 4.72 Å². The third kappa shape index (κ3) is 3.79. The van der Waals surface area contributed by atoms with E-state index in [2.05, 4.69) is 4.72 Å². The molecule has 5 heteroatoms. The Kier molecular flexibility index (Phi) is 4.23. The highest BCUT2D eigenvalue weighted by Crippen LogP contribution is 2.33. The molecule has 0 spiro atoms. The number of aryl methyl sites for hydroxylation is 1. The van der Waals surface area contributed by atoms with Crippen LogP contribution in [-0.4, -0.2) is 15.0 Å². The maximum absolute atomic E-state index is 12.1. The van der Waals surface area contributed by atoms with Gasteiger partial charge in [0.1, 0.15) is 0 Å². The third-order valence-corrected chi connectivity index (χ3v) is 4.87. The van der Waals surface area contributed by atoms with Crippen molar-refractivity contribution in [3.8, 4) is 6.07 Å². The Hall–Kier alpha value is -1.38. The molecule has 0 aliphatic heterocycles. The Morgan fingerprint density at radius 2 is 2.16 bits per heavy atom. The summed E-state index contributed by atoms with van der Waals surface area (Å²) in [6.07, 6.45) is 4.58. The van der Waals surface area contributed by atoms with E-state index in [9.17, 15) is 8.42 Å². The molecule has 1 N–H and O–H groups in total. The molecule has 0 radical (unpaired) electrons. The molecule has 0 amide bonds. The van der Waals surface area contributed by atoms with Gasteiger partial charge in [-0.1, -0.05) is 12.8 Å². The molecule has 1 aromatic carbocycles. The standard InChI is InChI=1S/C14H18N2O2S/c1-11-9-14(7-6-13(11)10-15)19(17,18)16-8-2-3-12-4-5-12/h6-7,9,12,16H,2-5,8H2,1H3. The Balaban J connectivity index is 1.97. The van der Waals surface area contributed by atoms with Crippen molar-refractivity contribution >= 4 is 10.0 Å². The molecule has 0 heterocycles. The van der Waals surface area contributed by atoms with E-state index in [1.54, 1.807) is 19.1 Å². The van der Waals surface area contributed by atoms with Crippen LogP contribution in [0, 0.1) is 24.2 Å². The molecule has 2 rings (SSSR count). The monoisotopic (exact) mass is 278 g/mol. The van der Waals surface area contributed by atoms with Gasteiger partial charge >= 0.3 is 0 Å². The summed E-state index contributed by atoms with van der Waals surface area (Å²) in [6.45, 7) is 2.22. The van der Waals surface area contributed by atoms with Crippen molar-refractivity contribution in [2.45, 2.75) is 37.5 Å². The van der Waals surface area contributed by atoms with Gasteiger partial charge in [-0.3, -0.25) is 0 Å². The van der Waals surface area contributed by atoms with Crippen LogP contribution in [0.1, 0.15) is 36.8 Å². The number of benzene rings is 1. The number of nitrogens with one attached hydrogen (secondary N) is 1. The molecule has 1 aromatic rings. The number of hydrogen-bond donors (Lipinski definition) is 1. The van der Waals surface area contributed by atoms with Crippen LogP contribution >= 0.6 is 0 Å². The van der Waals surface area contributed by atoms with E-state index in [1.165, 1.54) is 18.9 Å². The minimum absolute atomic E-state index is 0.232. The zero-order valence-electron chi connectivity index (χ0n) is 11.0. The van der Waals surface area contributed by atoms with Gasteiger partial charge in [-0.05, 0) is 49.4 Å². The Morgan fingerprint density at radius 1 is 1.42 bits per heavy atom. The summed E-state index contributed by atoms with van der Waals surface area (Å²) in [5.41, 5.74) is 1.19. The van der Waals surface area contributed by atoms with E-state index in [4.69, 9.17) is 5.26 Å². The molecule has 0 saturated heterocycles. The second-order valence-corrected chi connectivity index (χ2v) is 6.84. The average molecular weight is 278 g/mol. The molecular formula is C14H18N2O2S. The molecule has 0 atom stereocenters. The van der Waals surface area contributed by atoms with Gasteiger partial charge in [-0.2, -0.15) is 5.26 Å². The highest BCUT2D eigenvalue weighted by molar-refractivity contribution is 7.89. The summed E-state index contributed by atoms with van der Waals surface area (Å²) in [5.74, 6) is 0.821. The van der Waals surface area contributed by atoms with Crippen LogP contribution in [0.3, 0.4) is 0 Å². The number of hydrogen-bond acceptors (Lipinski definition) is 3. The first-order valence-electron chi connectivity index (χ1n) is 6.53. The van der Waals surface area contributed by atoms with Crippen LogP contribution < -0.4 is 4.72 Å². The zero-order valence-corrected chi connectivity index (χ0v) is 11.8. The second-order valence-electron chi connectivity index (χ2n) is 5.07. The number of nitriles is 1. The van der Waals surface area contributed by atoms with E-state index < -0.39 is 10.0 Å². The maximum Gasteiger partial charge on any atom is 0.240 e. The molecular weight excluding hydrogens is 260 g/mol. The first kappa shape index (κ1) is 14.0. The predicted molar refractivity (Wildman–Crippen MR) is 73.0 cm³/mol. The number of sulfonamides is 1. The van der Waals surface area contributed by atoms with Gasteiger partial charge in [0.25, 0.3) is 0 Å². The van der Waals surface area contributed by atoms with E-state index >= 15 is 0 Å². The highest BCUT2D eigenvalue weighted by Gasteiger charge is 2.21. The van der Waals surface area contributed by atoms with E-state index in [0.717, 1.165) is 18.8 Å². The first-order valence-corrected chi connectivity index (χ1v) is 8.01. The highest BCUT2D eigenvalue weighted by atomic mass is 32.2. The van der Waals surface area contributed by atoms with Crippen LogP contribution in [-0.2, 0) is 10.0 Å². The van der Waals surface area contributed by atoms with Gasteiger partial charge in [-0.25, -0.2) is 13.1 Å². The lowest BCUT2D eigenvalue weighted by Gasteiger charge is -2.07. The van der Waals surface area contributed by atoms with Crippen molar-refractivity contribution in [3.63, 3.8) is 0 Å². The zero-order chi connectivity index (χ0) is 13.9. The van der Waals surface area contributed by atoms with E-state index in [0.29, 0.717) is 17.7 Å².